The molecule has 0 bridgehead atoms. The van der Waals surface area contributed by atoms with Crippen molar-refractivity contribution >= 4 is 40.8 Å². The van der Waals surface area contributed by atoms with E-state index >= 15 is 0 Å². The Morgan fingerprint density at radius 2 is 2.08 bits per heavy atom. The number of aliphatic carboxylic acids is 1. The summed E-state index contributed by atoms with van der Waals surface area (Å²) < 4.78 is 5.58. The number of carbonyl (C=O) groups excluding carboxylic acids is 1. The number of aromatic nitrogens is 1. The van der Waals surface area contributed by atoms with E-state index in [-0.39, 0.29) is 55.9 Å². The fourth-order valence-corrected chi connectivity index (χ4v) is 3.96. The van der Waals surface area contributed by atoms with Crippen LogP contribution in [-0.2, 0) is 48.8 Å². The van der Waals surface area contributed by atoms with Gasteiger partial charge in [-0.15, -0.1) is 6.54 Å². The van der Waals surface area contributed by atoms with Crippen molar-refractivity contribution in [3.63, 3.8) is 0 Å². The van der Waals surface area contributed by atoms with Crippen molar-refractivity contribution in [1.29, 1.82) is 0 Å². The van der Waals surface area contributed by atoms with E-state index in [1.54, 1.807) is 18.2 Å². The molecule has 2 aromatic rings. The monoisotopic (exact) mass is 629 g/mol. The summed E-state index contributed by atoms with van der Waals surface area (Å²) in [5.41, 5.74) is 10.6. The number of likely N-dealkylation sites (tertiary alicyclic amines) is 1. The topological polar surface area (TPSA) is 148 Å². The van der Waals surface area contributed by atoms with Gasteiger partial charge >= 0.3 is 5.97 Å². The third-order valence-corrected chi connectivity index (χ3v) is 5.99. The molecule has 5 N–H and O–H groups in total. The predicted molar refractivity (Wildman–Crippen MR) is 139 cm³/mol. The van der Waals surface area contributed by atoms with Gasteiger partial charge in [-0.3, -0.25) is 20.3 Å². The number of carbonyl (C=O) groups is 2. The fraction of sp³-hybridized carbons (Fsp3) is 0.458. The predicted octanol–water partition coefficient (Wildman–Crippen LogP) is 4.50. The van der Waals surface area contributed by atoms with Crippen molar-refractivity contribution in [3.05, 3.63) is 57.9 Å². The number of hydrogen-bond acceptors (Lipinski definition) is 7. The van der Waals surface area contributed by atoms with Crippen molar-refractivity contribution < 1.29 is 57.3 Å². The number of amides is 1. The van der Waals surface area contributed by atoms with E-state index in [2.05, 4.69) is 20.7 Å². The van der Waals surface area contributed by atoms with Crippen LogP contribution in [0.3, 0.4) is 0 Å². The molecule has 2 heterocycles. The maximum atomic E-state index is 12.3. The molecule has 1 aromatic heterocycles. The van der Waals surface area contributed by atoms with E-state index < -0.39 is 12.1 Å². The number of nitrogens with one attached hydrogen (secondary N) is 3. The number of benzene rings is 1. The Labute approximate surface area is 252 Å². The van der Waals surface area contributed by atoms with Gasteiger partial charge in [0.1, 0.15) is 5.02 Å². The Hall–Kier alpha value is -1.53. The Kier molecular flexibility index (Phi) is 16.2. The van der Waals surface area contributed by atoms with Gasteiger partial charge in [0.05, 0.1) is 17.1 Å². The Bertz CT molecular complexity index is 1000. The standard InChI is InChI=1S/C16H17Cl2N3O3.C8H15N2O2.Y/c1-2-14(24-16-13(18)7-11(17)9-20-16)15(22)19-8-10-4-3-5-12(6-10)21-23;9-5-7-1-3-10(6-7)4-2-8(11)12;/h3-7,9,14,21,23H,2,8H2,1H3,(H,19,22);7,9H,1-6H2,(H,11,12);/q;-1;. The summed E-state index contributed by atoms with van der Waals surface area (Å²) in [5.74, 6) is -0.384. The maximum absolute atomic E-state index is 12.3. The molecular weight excluding hydrogens is 598 g/mol. The van der Waals surface area contributed by atoms with Gasteiger partial charge in [0.2, 0.25) is 5.88 Å². The van der Waals surface area contributed by atoms with Crippen LogP contribution >= 0.6 is 23.2 Å². The number of carboxylic acids is 1. The molecule has 1 saturated heterocycles. The molecule has 1 aromatic carbocycles. The zero-order chi connectivity index (χ0) is 26.5. The van der Waals surface area contributed by atoms with Crippen LogP contribution in [-0.4, -0.2) is 64.4 Å². The van der Waals surface area contributed by atoms with E-state index in [1.165, 1.54) is 12.3 Å². The molecule has 0 saturated carbocycles. The second-order valence-corrected chi connectivity index (χ2v) is 9.13. The number of nitrogens with zero attached hydrogens (tertiary/aromatic N) is 2. The van der Waals surface area contributed by atoms with E-state index in [0.717, 1.165) is 25.1 Å². The van der Waals surface area contributed by atoms with Crippen molar-refractivity contribution in [2.45, 2.75) is 38.8 Å². The molecule has 0 spiro atoms. The van der Waals surface area contributed by atoms with Crippen LogP contribution in [0.1, 0.15) is 31.7 Å². The zero-order valence-corrected chi connectivity index (χ0v) is 25.0. The van der Waals surface area contributed by atoms with Gasteiger partial charge in [0.15, 0.2) is 6.10 Å². The molecule has 1 aliphatic heterocycles. The minimum atomic E-state index is -0.732. The normalized spacial score (nSPS) is 15.5. The molecule has 2 unspecified atom stereocenters. The van der Waals surface area contributed by atoms with Crippen molar-refractivity contribution in [2.75, 3.05) is 31.7 Å². The SMILES string of the molecule is CCC(Oc1ncc(Cl)cc1Cl)C(=O)NCc1cccc(NO)c1.[NH-]CC1CCN(CCC(=O)O)C1.[Y]. The van der Waals surface area contributed by atoms with Crippen molar-refractivity contribution in [2.24, 2.45) is 5.92 Å². The Balaban J connectivity index is 0.000000445. The first kappa shape index (κ1) is 33.5. The Morgan fingerprint density at radius 3 is 2.68 bits per heavy atom. The molecule has 2 atom stereocenters. The molecule has 13 heteroatoms. The molecule has 1 radical (unpaired) electrons. The molecule has 1 amide bonds. The number of hydrogen-bond donors (Lipinski definition) is 4. The van der Waals surface area contributed by atoms with Crippen LogP contribution < -0.4 is 15.5 Å². The summed E-state index contributed by atoms with van der Waals surface area (Å²) in [6.45, 7) is 5.13. The number of ether oxygens (including phenoxy) is 1. The number of halogens is 2. The first-order chi connectivity index (χ1) is 17.2. The van der Waals surface area contributed by atoms with Crippen molar-refractivity contribution in [3.8, 4) is 5.88 Å². The fourth-order valence-electron chi connectivity index (χ4n) is 3.54. The van der Waals surface area contributed by atoms with Gasteiger partial charge in [-0.2, -0.15) is 0 Å². The van der Waals surface area contributed by atoms with E-state index in [4.69, 9.17) is 44.0 Å². The quantitative estimate of drug-likeness (QED) is 0.266. The van der Waals surface area contributed by atoms with Gasteiger partial charge in [-0.1, -0.05) is 42.3 Å². The number of rotatable bonds is 11. The first-order valence-electron chi connectivity index (χ1n) is 11.6. The van der Waals surface area contributed by atoms with E-state index in [0.29, 0.717) is 42.7 Å². The van der Waals surface area contributed by atoms with Crippen LogP contribution in [0.5, 0.6) is 5.88 Å². The molecule has 0 aliphatic carbocycles. The molecule has 10 nitrogen and oxygen atoms in total. The average molecular weight is 630 g/mol. The largest absolute Gasteiger partial charge is 0.677 e. The third kappa shape index (κ3) is 12.3. The van der Waals surface area contributed by atoms with Crippen LogP contribution in [0.4, 0.5) is 5.69 Å². The van der Waals surface area contributed by atoms with Crippen molar-refractivity contribution in [1.82, 2.24) is 15.2 Å². The van der Waals surface area contributed by atoms with E-state index in [9.17, 15) is 9.59 Å². The maximum Gasteiger partial charge on any atom is 0.304 e. The van der Waals surface area contributed by atoms with Crippen LogP contribution in [0, 0.1) is 5.92 Å². The molecule has 3 rings (SSSR count). The summed E-state index contributed by atoms with van der Waals surface area (Å²) in [6.07, 6.45) is 2.41. The summed E-state index contributed by atoms with van der Waals surface area (Å²) in [4.78, 5) is 28.6. The van der Waals surface area contributed by atoms with Gasteiger partial charge in [-0.05, 0) is 55.6 Å². The van der Waals surface area contributed by atoms with Crippen LogP contribution in [0.25, 0.3) is 5.73 Å². The molecule has 37 heavy (non-hydrogen) atoms. The zero-order valence-electron chi connectivity index (χ0n) is 20.6. The number of anilines is 1. The second-order valence-electron chi connectivity index (χ2n) is 8.29. The molecule has 1 fully saturated rings. The minimum Gasteiger partial charge on any atom is -0.677 e. The van der Waals surface area contributed by atoms with E-state index in [1.807, 2.05) is 13.0 Å². The first-order valence-corrected chi connectivity index (χ1v) is 12.3. The second kappa shape index (κ2) is 17.9. The summed E-state index contributed by atoms with van der Waals surface area (Å²) in [5, 5.41) is 20.7. The van der Waals surface area contributed by atoms with Gasteiger partial charge in [-0.25, -0.2) is 4.98 Å². The van der Waals surface area contributed by atoms with Gasteiger partial charge in [0.25, 0.3) is 5.91 Å². The summed E-state index contributed by atoms with van der Waals surface area (Å²) in [7, 11) is 0. The number of pyridine rings is 1. The van der Waals surface area contributed by atoms with Gasteiger partial charge in [0, 0.05) is 52.0 Å². The summed E-state index contributed by atoms with van der Waals surface area (Å²) in [6, 6.07) is 8.53. The molecule has 201 valence electrons. The molecule has 1 aliphatic rings. The smallest absolute Gasteiger partial charge is 0.304 e. The third-order valence-electron chi connectivity index (χ3n) is 5.51. The number of carboxylic acid groups (broad SMARTS) is 1. The average Bonchev–Trinajstić information content (AvgIpc) is 3.34. The van der Waals surface area contributed by atoms with Crippen LogP contribution in [0.15, 0.2) is 36.5 Å². The van der Waals surface area contributed by atoms with Crippen LogP contribution in [0.2, 0.25) is 10.0 Å². The van der Waals surface area contributed by atoms with Gasteiger partial charge < -0.3 is 25.8 Å². The summed E-state index contributed by atoms with van der Waals surface area (Å²) >= 11 is 11.8. The Morgan fingerprint density at radius 1 is 1.32 bits per heavy atom. The minimum absolute atomic E-state index is 0. The molecular formula is C24H32Cl2N5O5Y-.